The average molecular weight is 198 g/mol. The molecule has 2 heterocycles. The fraction of sp³-hybridized carbons (Fsp3) is 0.0833. The minimum atomic E-state index is 0.0173. The average Bonchev–Trinajstić information content (AvgIpc) is 2.63. The predicted molar refractivity (Wildman–Crippen MR) is 61.0 cm³/mol. The van der Waals surface area contributed by atoms with Crippen molar-refractivity contribution in [3.05, 3.63) is 46.9 Å². The number of nitrogens with zero attached hydrogens (tertiary/aromatic N) is 1. The molecular weight excluding hydrogens is 188 g/mol. The van der Waals surface area contributed by atoms with Gasteiger partial charge >= 0.3 is 0 Å². The predicted octanol–water partition coefficient (Wildman–Crippen LogP) is 2.02. The van der Waals surface area contributed by atoms with Crippen LogP contribution < -0.4 is 5.56 Å². The summed E-state index contributed by atoms with van der Waals surface area (Å²) in [7, 11) is 1.76. The molecule has 0 saturated carbocycles. The van der Waals surface area contributed by atoms with E-state index in [1.807, 2.05) is 30.3 Å². The van der Waals surface area contributed by atoms with E-state index in [0.29, 0.717) is 5.52 Å². The van der Waals surface area contributed by atoms with Gasteiger partial charge in [-0.15, -0.1) is 0 Å². The maximum atomic E-state index is 11.8. The van der Waals surface area contributed by atoms with Crippen molar-refractivity contribution in [2.45, 2.75) is 0 Å². The van der Waals surface area contributed by atoms with Crippen molar-refractivity contribution < 1.29 is 0 Å². The molecule has 0 aliphatic heterocycles. The first-order chi connectivity index (χ1) is 7.27. The highest BCUT2D eigenvalue weighted by Gasteiger charge is 2.06. The van der Waals surface area contributed by atoms with Gasteiger partial charge in [-0.2, -0.15) is 0 Å². The molecule has 3 rings (SSSR count). The Bertz CT molecular complexity index is 706. The molecule has 0 atom stereocenters. The monoisotopic (exact) mass is 198 g/mol. The van der Waals surface area contributed by atoms with Crippen molar-refractivity contribution >= 4 is 21.8 Å². The van der Waals surface area contributed by atoms with Crippen LogP contribution in [0.4, 0.5) is 0 Å². The van der Waals surface area contributed by atoms with Gasteiger partial charge in [-0.1, -0.05) is 18.2 Å². The Balaban J connectivity index is 2.66. The minimum Gasteiger partial charge on any atom is -0.350 e. The molecular formula is C12H10N2O. The summed E-state index contributed by atoms with van der Waals surface area (Å²) in [5.74, 6) is 0. The van der Waals surface area contributed by atoms with E-state index in [4.69, 9.17) is 0 Å². The van der Waals surface area contributed by atoms with Crippen LogP contribution in [0, 0.1) is 0 Å². The van der Waals surface area contributed by atoms with Crippen LogP contribution in [0.3, 0.4) is 0 Å². The zero-order valence-electron chi connectivity index (χ0n) is 8.32. The lowest BCUT2D eigenvalue weighted by molar-refractivity contribution is 0.871. The molecule has 3 nitrogen and oxygen atoms in total. The Hall–Kier alpha value is -2.03. The van der Waals surface area contributed by atoms with Crippen molar-refractivity contribution in [2.75, 3.05) is 0 Å². The lowest BCUT2D eigenvalue weighted by atomic mass is 10.2. The molecule has 0 unspecified atom stereocenters. The van der Waals surface area contributed by atoms with E-state index in [1.54, 1.807) is 17.8 Å². The number of H-pyrrole nitrogens is 1. The highest BCUT2D eigenvalue weighted by atomic mass is 16.1. The van der Waals surface area contributed by atoms with Crippen molar-refractivity contribution in [3.8, 4) is 0 Å². The number of fused-ring (bicyclic) bond motifs is 3. The van der Waals surface area contributed by atoms with Gasteiger partial charge in [0, 0.05) is 29.5 Å². The quantitative estimate of drug-likeness (QED) is 0.589. The Morgan fingerprint density at radius 2 is 1.93 bits per heavy atom. The van der Waals surface area contributed by atoms with Crippen LogP contribution in [0.25, 0.3) is 21.8 Å². The van der Waals surface area contributed by atoms with Crippen molar-refractivity contribution in [1.82, 2.24) is 9.55 Å². The summed E-state index contributed by atoms with van der Waals surface area (Å²) in [5, 5.41) is 2.10. The maximum absolute atomic E-state index is 11.8. The summed E-state index contributed by atoms with van der Waals surface area (Å²) in [6.07, 6.45) is 1.80. The van der Waals surface area contributed by atoms with Gasteiger partial charge in [-0.05, 0) is 12.1 Å². The number of nitrogens with one attached hydrogen (secondary N) is 1. The third-order valence-corrected chi connectivity index (χ3v) is 2.75. The smallest absolute Gasteiger partial charge is 0.274 e. The van der Waals surface area contributed by atoms with E-state index >= 15 is 0 Å². The van der Waals surface area contributed by atoms with Crippen LogP contribution in [0.5, 0.6) is 0 Å². The van der Waals surface area contributed by atoms with Crippen LogP contribution in [-0.2, 0) is 7.05 Å². The van der Waals surface area contributed by atoms with Gasteiger partial charge in [0.05, 0.1) is 0 Å². The van der Waals surface area contributed by atoms with Crippen molar-refractivity contribution in [2.24, 2.45) is 7.05 Å². The number of hydrogen-bond donors (Lipinski definition) is 1. The normalized spacial score (nSPS) is 11.3. The van der Waals surface area contributed by atoms with Gasteiger partial charge in [0.2, 0.25) is 0 Å². The highest BCUT2D eigenvalue weighted by molar-refractivity contribution is 6.06. The summed E-state index contributed by atoms with van der Waals surface area (Å²) in [6, 6.07) is 9.91. The van der Waals surface area contributed by atoms with E-state index in [2.05, 4.69) is 4.98 Å². The molecule has 3 heteroatoms. The van der Waals surface area contributed by atoms with Crippen molar-refractivity contribution in [1.29, 1.82) is 0 Å². The number of hydrogen-bond acceptors (Lipinski definition) is 1. The standard InChI is InChI=1S/C12H10N2O/c1-14-7-6-9-8-4-2-3-5-10(8)13-11(9)12(14)15/h2-7,13H,1H3. The zero-order chi connectivity index (χ0) is 10.4. The topological polar surface area (TPSA) is 37.8 Å². The minimum absolute atomic E-state index is 0.0173. The molecule has 0 spiro atoms. The summed E-state index contributed by atoms with van der Waals surface area (Å²) >= 11 is 0. The fourth-order valence-corrected chi connectivity index (χ4v) is 1.94. The number of aromatic nitrogens is 2. The Morgan fingerprint density at radius 1 is 1.13 bits per heavy atom. The second-order valence-corrected chi connectivity index (χ2v) is 3.69. The molecule has 0 amide bonds. The van der Waals surface area contributed by atoms with E-state index in [-0.39, 0.29) is 5.56 Å². The molecule has 0 aliphatic rings. The highest BCUT2D eigenvalue weighted by Crippen LogP contribution is 2.22. The number of para-hydroxylation sites is 1. The number of benzene rings is 1. The van der Waals surface area contributed by atoms with Gasteiger partial charge in [0.25, 0.3) is 5.56 Å². The van der Waals surface area contributed by atoms with Gasteiger partial charge in [-0.25, -0.2) is 0 Å². The van der Waals surface area contributed by atoms with Crippen LogP contribution >= 0.6 is 0 Å². The van der Waals surface area contributed by atoms with Gasteiger partial charge in [-0.3, -0.25) is 4.79 Å². The van der Waals surface area contributed by atoms with E-state index in [0.717, 1.165) is 16.3 Å². The molecule has 74 valence electrons. The Labute approximate surface area is 86.0 Å². The largest absolute Gasteiger partial charge is 0.350 e. The number of aryl methyl sites for hydroxylation is 1. The van der Waals surface area contributed by atoms with Crippen LogP contribution in [-0.4, -0.2) is 9.55 Å². The first-order valence-corrected chi connectivity index (χ1v) is 4.83. The van der Waals surface area contributed by atoms with Crippen molar-refractivity contribution in [3.63, 3.8) is 0 Å². The second kappa shape index (κ2) is 2.73. The lowest BCUT2D eigenvalue weighted by Crippen LogP contribution is -2.15. The third kappa shape index (κ3) is 1.03. The molecule has 0 fully saturated rings. The third-order valence-electron chi connectivity index (χ3n) is 2.75. The van der Waals surface area contributed by atoms with E-state index in [1.165, 1.54) is 0 Å². The SMILES string of the molecule is Cn1ccc2c([nH]c3ccccc32)c1=O. The summed E-state index contributed by atoms with van der Waals surface area (Å²) < 4.78 is 1.58. The lowest BCUT2D eigenvalue weighted by Gasteiger charge is -1.95. The second-order valence-electron chi connectivity index (χ2n) is 3.69. The molecule has 0 saturated heterocycles. The summed E-state index contributed by atoms with van der Waals surface area (Å²) in [5.41, 5.74) is 1.71. The molecule has 3 aromatic rings. The van der Waals surface area contributed by atoms with Gasteiger partial charge in [0.15, 0.2) is 0 Å². The molecule has 1 N–H and O–H groups in total. The van der Waals surface area contributed by atoms with Crippen LogP contribution in [0.1, 0.15) is 0 Å². The molecule has 1 aromatic carbocycles. The summed E-state index contributed by atoms with van der Waals surface area (Å²) in [4.78, 5) is 15.0. The van der Waals surface area contributed by atoms with E-state index < -0.39 is 0 Å². The number of pyridine rings is 1. The Morgan fingerprint density at radius 3 is 2.80 bits per heavy atom. The van der Waals surface area contributed by atoms with E-state index in [9.17, 15) is 4.79 Å². The number of rotatable bonds is 0. The zero-order valence-corrected chi connectivity index (χ0v) is 8.32. The van der Waals surface area contributed by atoms with Crippen LogP contribution in [0.2, 0.25) is 0 Å². The molecule has 0 bridgehead atoms. The maximum Gasteiger partial charge on any atom is 0.274 e. The molecule has 15 heavy (non-hydrogen) atoms. The fourth-order valence-electron chi connectivity index (χ4n) is 1.94. The van der Waals surface area contributed by atoms with Crippen LogP contribution in [0.15, 0.2) is 41.3 Å². The molecule has 0 radical (unpaired) electrons. The van der Waals surface area contributed by atoms with Gasteiger partial charge < -0.3 is 9.55 Å². The molecule has 2 aromatic heterocycles. The molecule has 0 aliphatic carbocycles. The summed E-state index contributed by atoms with van der Waals surface area (Å²) in [6.45, 7) is 0. The number of aromatic amines is 1. The first kappa shape index (κ1) is 8.29. The Kier molecular flexibility index (Phi) is 1.51. The van der Waals surface area contributed by atoms with Gasteiger partial charge in [0.1, 0.15) is 5.52 Å². The first-order valence-electron chi connectivity index (χ1n) is 4.83.